The topological polar surface area (TPSA) is 42.7 Å². The lowest BCUT2D eigenvalue weighted by molar-refractivity contribution is 0.768. The number of nitrogens with zero attached hydrogens (tertiary/aromatic N) is 3. The highest BCUT2D eigenvalue weighted by molar-refractivity contribution is 7.15. The fourth-order valence-corrected chi connectivity index (χ4v) is 3.29. The SMILES string of the molecule is CNCCc1sc(-c2cnn(C)c2)nc1-c1ccccc1. The van der Waals surface area contributed by atoms with Crippen molar-refractivity contribution in [2.24, 2.45) is 7.05 Å². The minimum Gasteiger partial charge on any atom is -0.319 e. The maximum Gasteiger partial charge on any atom is 0.127 e. The standard InChI is InChI=1S/C16H18N4S/c1-17-9-8-14-15(12-6-4-3-5-7-12)19-16(21-14)13-10-18-20(2)11-13/h3-7,10-11,17H,8-9H2,1-2H3. The van der Waals surface area contributed by atoms with Gasteiger partial charge >= 0.3 is 0 Å². The summed E-state index contributed by atoms with van der Waals surface area (Å²) in [6.45, 7) is 0.953. The molecule has 0 aliphatic heterocycles. The summed E-state index contributed by atoms with van der Waals surface area (Å²) in [5.74, 6) is 0. The number of hydrogen-bond acceptors (Lipinski definition) is 4. The molecule has 0 bridgehead atoms. The molecule has 2 heterocycles. The first kappa shape index (κ1) is 14.0. The Hall–Kier alpha value is -1.98. The van der Waals surface area contributed by atoms with Crippen molar-refractivity contribution in [1.82, 2.24) is 20.1 Å². The monoisotopic (exact) mass is 298 g/mol. The fourth-order valence-electron chi connectivity index (χ4n) is 2.24. The molecule has 0 saturated heterocycles. The van der Waals surface area contributed by atoms with Gasteiger partial charge in [0, 0.05) is 29.2 Å². The van der Waals surface area contributed by atoms with Crippen LogP contribution in [0.2, 0.25) is 0 Å². The van der Waals surface area contributed by atoms with Gasteiger partial charge in [-0.15, -0.1) is 11.3 Å². The molecule has 0 aliphatic rings. The van der Waals surface area contributed by atoms with Crippen LogP contribution in [0.25, 0.3) is 21.8 Å². The molecule has 3 aromatic rings. The number of nitrogens with one attached hydrogen (secondary N) is 1. The Morgan fingerprint density at radius 3 is 2.67 bits per heavy atom. The summed E-state index contributed by atoms with van der Waals surface area (Å²) >= 11 is 1.76. The average Bonchev–Trinajstić information content (AvgIpc) is 3.12. The van der Waals surface area contributed by atoms with E-state index >= 15 is 0 Å². The van der Waals surface area contributed by atoms with Crippen molar-refractivity contribution in [2.75, 3.05) is 13.6 Å². The van der Waals surface area contributed by atoms with Crippen molar-refractivity contribution in [3.8, 4) is 21.8 Å². The highest BCUT2D eigenvalue weighted by Gasteiger charge is 2.14. The molecule has 0 radical (unpaired) electrons. The molecule has 5 heteroatoms. The quantitative estimate of drug-likeness (QED) is 0.787. The van der Waals surface area contributed by atoms with E-state index in [4.69, 9.17) is 4.98 Å². The van der Waals surface area contributed by atoms with Gasteiger partial charge in [-0.3, -0.25) is 4.68 Å². The molecule has 0 amide bonds. The van der Waals surface area contributed by atoms with E-state index in [0.717, 1.165) is 29.2 Å². The van der Waals surface area contributed by atoms with E-state index in [9.17, 15) is 0 Å². The van der Waals surface area contributed by atoms with Crippen LogP contribution < -0.4 is 5.32 Å². The van der Waals surface area contributed by atoms with Gasteiger partial charge in [0.15, 0.2) is 0 Å². The number of hydrogen-bond donors (Lipinski definition) is 1. The van der Waals surface area contributed by atoms with Crippen molar-refractivity contribution in [2.45, 2.75) is 6.42 Å². The second-order valence-electron chi connectivity index (χ2n) is 4.91. The molecule has 2 aromatic heterocycles. The molecule has 1 N–H and O–H groups in total. The van der Waals surface area contributed by atoms with Crippen molar-refractivity contribution >= 4 is 11.3 Å². The van der Waals surface area contributed by atoms with Crippen LogP contribution in [0.3, 0.4) is 0 Å². The minimum atomic E-state index is 0.953. The van der Waals surface area contributed by atoms with Gasteiger partial charge in [0.25, 0.3) is 0 Å². The second-order valence-corrected chi connectivity index (χ2v) is 6.00. The normalized spacial score (nSPS) is 11.0. The van der Waals surface area contributed by atoms with Gasteiger partial charge in [-0.25, -0.2) is 4.98 Å². The van der Waals surface area contributed by atoms with E-state index in [1.165, 1.54) is 10.4 Å². The van der Waals surface area contributed by atoms with Gasteiger partial charge in [0.2, 0.25) is 0 Å². The summed E-state index contributed by atoms with van der Waals surface area (Å²) in [4.78, 5) is 6.17. The Balaban J connectivity index is 2.03. The molecule has 3 rings (SSSR count). The van der Waals surface area contributed by atoms with E-state index < -0.39 is 0 Å². The number of benzene rings is 1. The number of aryl methyl sites for hydroxylation is 1. The lowest BCUT2D eigenvalue weighted by Crippen LogP contribution is -2.09. The molecule has 0 unspecified atom stereocenters. The zero-order valence-electron chi connectivity index (χ0n) is 12.2. The first-order valence-electron chi connectivity index (χ1n) is 6.96. The van der Waals surface area contributed by atoms with Crippen LogP contribution in [-0.2, 0) is 13.5 Å². The Labute approximate surface area is 128 Å². The Morgan fingerprint density at radius 1 is 1.19 bits per heavy atom. The molecule has 0 saturated carbocycles. The van der Waals surface area contributed by atoms with Gasteiger partial charge in [0.1, 0.15) is 5.01 Å². The van der Waals surface area contributed by atoms with Crippen LogP contribution in [0, 0.1) is 0 Å². The lowest BCUT2D eigenvalue weighted by atomic mass is 10.1. The molecule has 0 aliphatic carbocycles. The second kappa shape index (κ2) is 6.20. The highest BCUT2D eigenvalue weighted by atomic mass is 32.1. The first-order chi connectivity index (χ1) is 10.3. The van der Waals surface area contributed by atoms with E-state index in [1.807, 2.05) is 37.2 Å². The van der Waals surface area contributed by atoms with Crippen LogP contribution in [0.15, 0.2) is 42.7 Å². The van der Waals surface area contributed by atoms with Gasteiger partial charge in [-0.2, -0.15) is 5.10 Å². The van der Waals surface area contributed by atoms with Crippen molar-refractivity contribution in [3.05, 3.63) is 47.6 Å². The van der Waals surface area contributed by atoms with E-state index in [2.05, 4.69) is 34.7 Å². The Bertz CT molecular complexity index is 715. The van der Waals surface area contributed by atoms with Crippen molar-refractivity contribution in [3.63, 3.8) is 0 Å². The first-order valence-corrected chi connectivity index (χ1v) is 7.78. The number of likely N-dealkylation sites (N-methyl/N-ethyl adjacent to an activating group) is 1. The third-order valence-electron chi connectivity index (χ3n) is 3.30. The van der Waals surface area contributed by atoms with E-state index in [-0.39, 0.29) is 0 Å². The summed E-state index contributed by atoms with van der Waals surface area (Å²) in [6, 6.07) is 10.4. The number of aromatic nitrogens is 3. The summed E-state index contributed by atoms with van der Waals surface area (Å²) in [5, 5.41) is 8.48. The van der Waals surface area contributed by atoms with E-state index in [1.54, 1.807) is 11.3 Å². The molecule has 21 heavy (non-hydrogen) atoms. The van der Waals surface area contributed by atoms with E-state index in [0.29, 0.717) is 0 Å². The molecule has 0 fully saturated rings. The van der Waals surface area contributed by atoms with Crippen molar-refractivity contribution in [1.29, 1.82) is 0 Å². The molecular weight excluding hydrogens is 280 g/mol. The van der Waals surface area contributed by atoms with Crippen molar-refractivity contribution < 1.29 is 0 Å². The van der Waals surface area contributed by atoms with Gasteiger partial charge in [-0.05, 0) is 20.0 Å². The maximum absolute atomic E-state index is 4.85. The van der Waals surface area contributed by atoms with Crippen LogP contribution in [-0.4, -0.2) is 28.4 Å². The fraction of sp³-hybridized carbons (Fsp3) is 0.250. The van der Waals surface area contributed by atoms with Gasteiger partial charge < -0.3 is 5.32 Å². The highest BCUT2D eigenvalue weighted by Crippen LogP contribution is 2.33. The largest absolute Gasteiger partial charge is 0.319 e. The third kappa shape index (κ3) is 3.04. The summed E-state index contributed by atoms with van der Waals surface area (Å²) < 4.78 is 1.81. The summed E-state index contributed by atoms with van der Waals surface area (Å²) in [7, 11) is 3.91. The number of rotatable bonds is 5. The summed E-state index contributed by atoms with van der Waals surface area (Å²) in [6.07, 6.45) is 4.86. The molecule has 4 nitrogen and oxygen atoms in total. The zero-order chi connectivity index (χ0) is 14.7. The number of thiazole rings is 1. The van der Waals surface area contributed by atoms with Crippen LogP contribution in [0.1, 0.15) is 4.88 Å². The minimum absolute atomic E-state index is 0.953. The van der Waals surface area contributed by atoms with Crippen LogP contribution >= 0.6 is 11.3 Å². The predicted molar refractivity (Wildman–Crippen MR) is 87.4 cm³/mol. The molecule has 0 spiro atoms. The predicted octanol–water partition coefficient (Wildman–Crippen LogP) is 2.97. The Kier molecular flexibility index (Phi) is 4.13. The lowest BCUT2D eigenvalue weighted by Gasteiger charge is -2.01. The Morgan fingerprint density at radius 2 is 2.00 bits per heavy atom. The average molecular weight is 298 g/mol. The van der Waals surface area contributed by atoms with Gasteiger partial charge in [-0.1, -0.05) is 30.3 Å². The smallest absolute Gasteiger partial charge is 0.127 e. The molecule has 0 atom stereocenters. The molecule has 108 valence electrons. The van der Waals surface area contributed by atoms with Crippen LogP contribution in [0.4, 0.5) is 0 Å². The molecule has 1 aromatic carbocycles. The molecular formula is C16H18N4S. The zero-order valence-corrected chi connectivity index (χ0v) is 13.0. The summed E-state index contributed by atoms with van der Waals surface area (Å²) in [5.41, 5.74) is 3.35. The van der Waals surface area contributed by atoms with Gasteiger partial charge in [0.05, 0.1) is 11.9 Å². The van der Waals surface area contributed by atoms with Crippen LogP contribution in [0.5, 0.6) is 0 Å². The maximum atomic E-state index is 4.85. The third-order valence-corrected chi connectivity index (χ3v) is 4.46.